The van der Waals surface area contributed by atoms with E-state index in [0.29, 0.717) is 18.6 Å². The summed E-state index contributed by atoms with van der Waals surface area (Å²) in [4.78, 5) is 14.8. The lowest BCUT2D eigenvalue weighted by molar-refractivity contribution is -0.155. The molecule has 4 fully saturated rings. The van der Waals surface area contributed by atoms with Crippen LogP contribution in [0, 0.1) is 23.7 Å². The van der Waals surface area contributed by atoms with Crippen molar-refractivity contribution in [1.29, 1.82) is 0 Å². The summed E-state index contributed by atoms with van der Waals surface area (Å²) in [5.41, 5.74) is 0. The van der Waals surface area contributed by atoms with Crippen LogP contribution in [0.2, 0.25) is 0 Å². The summed E-state index contributed by atoms with van der Waals surface area (Å²) in [5, 5.41) is 0. The number of amides is 1. The number of rotatable bonds is 3. The highest BCUT2D eigenvalue weighted by Crippen LogP contribution is 2.52. The molecule has 2 aliphatic carbocycles. The number of nitrogens with zero attached hydrogens (tertiary/aromatic N) is 1. The normalized spacial score (nSPS) is 40.4. The van der Waals surface area contributed by atoms with Crippen LogP contribution in [0.25, 0.3) is 0 Å². The molecule has 3 heteroatoms. The van der Waals surface area contributed by atoms with Crippen molar-refractivity contribution in [2.75, 3.05) is 19.8 Å². The fraction of sp³-hybridized carbons (Fsp3) is 0.933. The molecule has 2 saturated heterocycles. The smallest absolute Gasteiger partial charge is 0.228 e. The molecular formula is C15H23NO2. The fourth-order valence-corrected chi connectivity index (χ4v) is 3.95. The molecule has 100 valence electrons. The highest BCUT2D eigenvalue weighted by Gasteiger charge is 2.55. The molecule has 0 radical (unpaired) electrons. The van der Waals surface area contributed by atoms with Gasteiger partial charge in [-0.15, -0.1) is 0 Å². The predicted molar refractivity (Wildman–Crippen MR) is 68.0 cm³/mol. The third-order valence-corrected chi connectivity index (χ3v) is 5.33. The number of carbonyl (C=O) groups excluding carboxylic acids is 1. The van der Waals surface area contributed by atoms with Gasteiger partial charge in [-0.1, -0.05) is 0 Å². The van der Waals surface area contributed by atoms with Gasteiger partial charge in [-0.25, -0.2) is 0 Å². The van der Waals surface area contributed by atoms with Crippen LogP contribution in [0.1, 0.15) is 38.5 Å². The van der Waals surface area contributed by atoms with Gasteiger partial charge < -0.3 is 9.64 Å². The molecule has 0 unspecified atom stereocenters. The van der Waals surface area contributed by atoms with E-state index in [0.717, 1.165) is 43.7 Å². The number of ether oxygens (including phenoxy) is 1. The Bertz CT molecular complexity index is 342. The molecule has 18 heavy (non-hydrogen) atoms. The Morgan fingerprint density at radius 3 is 2.44 bits per heavy atom. The largest absolute Gasteiger partial charge is 0.381 e. The van der Waals surface area contributed by atoms with Crippen molar-refractivity contribution in [3.63, 3.8) is 0 Å². The summed E-state index contributed by atoms with van der Waals surface area (Å²) in [6.45, 7) is 2.57. The van der Waals surface area contributed by atoms with Gasteiger partial charge in [-0.05, 0) is 50.4 Å². The van der Waals surface area contributed by atoms with Crippen LogP contribution in [0.4, 0.5) is 0 Å². The van der Waals surface area contributed by atoms with E-state index >= 15 is 0 Å². The SMILES string of the molecule is O=C([C@@H]1CCCOC1)N1C[C@@H](C2CC2)[C@H]1C1CC1. The second kappa shape index (κ2) is 4.22. The highest BCUT2D eigenvalue weighted by atomic mass is 16.5. The zero-order valence-electron chi connectivity index (χ0n) is 11.0. The van der Waals surface area contributed by atoms with Crippen LogP contribution in [-0.4, -0.2) is 36.6 Å². The summed E-state index contributed by atoms with van der Waals surface area (Å²) in [6, 6.07) is 0.618. The Hall–Kier alpha value is -0.570. The van der Waals surface area contributed by atoms with Crippen LogP contribution in [0.5, 0.6) is 0 Å². The van der Waals surface area contributed by atoms with E-state index in [-0.39, 0.29) is 5.92 Å². The lowest BCUT2D eigenvalue weighted by Crippen LogP contribution is -2.62. The molecule has 2 heterocycles. The molecule has 3 atom stereocenters. The molecule has 0 bridgehead atoms. The van der Waals surface area contributed by atoms with E-state index in [9.17, 15) is 4.79 Å². The van der Waals surface area contributed by atoms with Crippen LogP contribution >= 0.6 is 0 Å². The standard InChI is InChI=1S/C15H23NO2/c17-15(12-2-1-7-18-9-12)16-8-13(10-3-4-10)14(16)11-5-6-11/h10-14H,1-9H2/t12-,13+,14-/m1/s1. The van der Waals surface area contributed by atoms with Gasteiger partial charge in [0.15, 0.2) is 0 Å². The fourth-order valence-electron chi connectivity index (χ4n) is 3.95. The minimum absolute atomic E-state index is 0.167. The molecule has 0 spiro atoms. The van der Waals surface area contributed by atoms with E-state index in [2.05, 4.69) is 4.90 Å². The Morgan fingerprint density at radius 2 is 1.83 bits per heavy atom. The van der Waals surface area contributed by atoms with Crippen molar-refractivity contribution in [2.24, 2.45) is 23.7 Å². The number of likely N-dealkylation sites (tertiary alicyclic amines) is 1. The lowest BCUT2D eigenvalue weighted by Gasteiger charge is -2.50. The Balaban J connectivity index is 1.42. The summed E-state index contributed by atoms with van der Waals surface area (Å²) in [6.07, 6.45) is 7.66. The summed E-state index contributed by atoms with van der Waals surface area (Å²) >= 11 is 0. The first kappa shape index (κ1) is 11.3. The second-order valence-corrected chi connectivity index (χ2v) is 6.73. The molecule has 4 aliphatic rings. The van der Waals surface area contributed by atoms with Crippen molar-refractivity contribution in [2.45, 2.75) is 44.6 Å². The van der Waals surface area contributed by atoms with Crippen molar-refractivity contribution in [1.82, 2.24) is 4.90 Å². The van der Waals surface area contributed by atoms with Gasteiger partial charge in [0.1, 0.15) is 0 Å². The molecule has 3 nitrogen and oxygen atoms in total. The van der Waals surface area contributed by atoms with Gasteiger partial charge >= 0.3 is 0 Å². The van der Waals surface area contributed by atoms with Crippen LogP contribution in [0.15, 0.2) is 0 Å². The van der Waals surface area contributed by atoms with Crippen molar-refractivity contribution in [3.05, 3.63) is 0 Å². The minimum atomic E-state index is 0.167. The van der Waals surface area contributed by atoms with Crippen LogP contribution < -0.4 is 0 Å². The highest BCUT2D eigenvalue weighted by molar-refractivity contribution is 5.80. The minimum Gasteiger partial charge on any atom is -0.381 e. The first-order valence-corrected chi connectivity index (χ1v) is 7.73. The zero-order valence-corrected chi connectivity index (χ0v) is 11.0. The van der Waals surface area contributed by atoms with Crippen LogP contribution in [0.3, 0.4) is 0 Å². The first-order valence-electron chi connectivity index (χ1n) is 7.73. The van der Waals surface area contributed by atoms with Gasteiger partial charge in [0.2, 0.25) is 5.91 Å². The molecule has 4 rings (SSSR count). The summed E-state index contributed by atoms with van der Waals surface area (Å²) in [5.74, 6) is 3.23. The average molecular weight is 249 g/mol. The lowest BCUT2D eigenvalue weighted by atomic mass is 9.80. The Kier molecular flexibility index (Phi) is 2.65. The zero-order chi connectivity index (χ0) is 12.1. The summed E-state index contributed by atoms with van der Waals surface area (Å²) in [7, 11) is 0. The maximum absolute atomic E-state index is 12.6. The molecule has 0 aromatic rings. The molecule has 2 saturated carbocycles. The quantitative estimate of drug-likeness (QED) is 0.766. The number of hydrogen-bond donors (Lipinski definition) is 0. The molecular weight excluding hydrogens is 226 g/mol. The van der Waals surface area contributed by atoms with E-state index < -0.39 is 0 Å². The van der Waals surface area contributed by atoms with E-state index in [1.807, 2.05) is 0 Å². The number of carbonyl (C=O) groups is 1. The predicted octanol–water partition coefficient (Wildman–Crippen LogP) is 2.06. The topological polar surface area (TPSA) is 29.5 Å². The molecule has 0 N–H and O–H groups in total. The van der Waals surface area contributed by atoms with Gasteiger partial charge in [0.25, 0.3) is 0 Å². The molecule has 2 aliphatic heterocycles. The van der Waals surface area contributed by atoms with E-state index in [1.165, 1.54) is 25.7 Å². The third kappa shape index (κ3) is 1.87. The maximum atomic E-state index is 12.6. The van der Waals surface area contributed by atoms with E-state index in [1.54, 1.807) is 0 Å². The summed E-state index contributed by atoms with van der Waals surface area (Å²) < 4.78 is 5.47. The van der Waals surface area contributed by atoms with Crippen molar-refractivity contribution < 1.29 is 9.53 Å². The van der Waals surface area contributed by atoms with Crippen LogP contribution in [-0.2, 0) is 9.53 Å². The molecule has 0 aromatic heterocycles. The Morgan fingerprint density at radius 1 is 1.06 bits per heavy atom. The number of hydrogen-bond acceptors (Lipinski definition) is 2. The Labute approximate surface area is 109 Å². The average Bonchev–Trinajstić information content (AvgIpc) is 3.22. The van der Waals surface area contributed by atoms with Gasteiger partial charge in [0, 0.05) is 25.1 Å². The molecule has 0 aromatic carbocycles. The van der Waals surface area contributed by atoms with Gasteiger partial charge in [-0.2, -0.15) is 0 Å². The third-order valence-electron chi connectivity index (χ3n) is 5.33. The van der Waals surface area contributed by atoms with E-state index in [4.69, 9.17) is 4.74 Å². The van der Waals surface area contributed by atoms with Crippen molar-refractivity contribution >= 4 is 5.91 Å². The maximum Gasteiger partial charge on any atom is 0.228 e. The second-order valence-electron chi connectivity index (χ2n) is 6.73. The van der Waals surface area contributed by atoms with Crippen molar-refractivity contribution in [3.8, 4) is 0 Å². The monoisotopic (exact) mass is 249 g/mol. The van der Waals surface area contributed by atoms with Gasteiger partial charge in [-0.3, -0.25) is 4.79 Å². The molecule has 1 amide bonds. The first-order chi connectivity index (χ1) is 8.84. The van der Waals surface area contributed by atoms with Gasteiger partial charge in [0.05, 0.1) is 12.5 Å².